The van der Waals surface area contributed by atoms with Gasteiger partial charge in [0.15, 0.2) is 0 Å². The van der Waals surface area contributed by atoms with E-state index >= 15 is 0 Å². The molecule has 100 valence electrons. The molecule has 1 aliphatic heterocycles. The molecule has 1 aromatic rings. The van der Waals surface area contributed by atoms with Crippen LogP contribution in [0.15, 0.2) is 23.1 Å². The van der Waals surface area contributed by atoms with Crippen molar-refractivity contribution < 1.29 is 13.2 Å². The number of primary sulfonamides is 1. The predicted octanol–water partition coefficient (Wildman–Crippen LogP) is 0.141. The molecule has 0 bridgehead atoms. The van der Waals surface area contributed by atoms with E-state index in [0.717, 1.165) is 6.42 Å². The van der Waals surface area contributed by atoms with Crippen molar-refractivity contribution in [1.82, 2.24) is 0 Å². The van der Waals surface area contributed by atoms with Crippen LogP contribution < -0.4 is 15.8 Å². The third kappa shape index (κ3) is 2.58. The maximum absolute atomic E-state index is 11.6. The first kappa shape index (κ1) is 13.1. The van der Waals surface area contributed by atoms with Gasteiger partial charge in [0.2, 0.25) is 10.0 Å². The molecule has 0 amide bonds. The fraction of sp³-hybridized carbons (Fsp3) is 0.455. The van der Waals surface area contributed by atoms with Gasteiger partial charge < -0.3 is 15.4 Å². The van der Waals surface area contributed by atoms with E-state index in [2.05, 4.69) is 0 Å². The lowest BCUT2D eigenvalue weighted by Crippen LogP contribution is -2.33. The largest absolute Gasteiger partial charge is 0.399 e. The zero-order valence-electron chi connectivity index (χ0n) is 10.2. The first-order chi connectivity index (χ1) is 8.39. The smallest absolute Gasteiger partial charge is 0.240 e. The Labute approximate surface area is 107 Å². The minimum atomic E-state index is -3.79. The minimum absolute atomic E-state index is 0.0527. The molecule has 7 heteroatoms. The Hall–Kier alpha value is -1.31. The molecule has 0 radical (unpaired) electrons. The first-order valence-corrected chi connectivity index (χ1v) is 7.17. The highest BCUT2D eigenvalue weighted by Crippen LogP contribution is 2.28. The van der Waals surface area contributed by atoms with E-state index in [1.165, 1.54) is 6.07 Å². The Morgan fingerprint density at radius 1 is 1.44 bits per heavy atom. The highest BCUT2D eigenvalue weighted by atomic mass is 32.2. The molecule has 1 saturated heterocycles. The molecule has 0 aliphatic carbocycles. The standard InChI is InChI=1S/C11H17N3O3S/c1-14(9-4-5-17-7-9)10-3-2-8(12)6-11(10)18(13,15)16/h2-3,6,9H,4-5,7,12H2,1H3,(H2,13,15,16). The van der Waals surface area contributed by atoms with Crippen LogP contribution in [0.2, 0.25) is 0 Å². The number of rotatable bonds is 3. The Morgan fingerprint density at radius 2 is 2.17 bits per heavy atom. The normalized spacial score (nSPS) is 20.0. The van der Waals surface area contributed by atoms with Gasteiger partial charge in [0.1, 0.15) is 4.90 Å². The molecule has 1 aliphatic rings. The number of hydrogen-bond donors (Lipinski definition) is 2. The fourth-order valence-corrected chi connectivity index (χ4v) is 2.88. The van der Waals surface area contributed by atoms with Gasteiger partial charge in [-0.05, 0) is 24.6 Å². The average Bonchev–Trinajstić information content (AvgIpc) is 2.80. The Kier molecular flexibility index (Phi) is 3.47. The molecule has 1 aromatic carbocycles. The zero-order valence-corrected chi connectivity index (χ0v) is 11.0. The van der Waals surface area contributed by atoms with E-state index < -0.39 is 10.0 Å². The van der Waals surface area contributed by atoms with E-state index in [4.69, 9.17) is 15.6 Å². The lowest BCUT2D eigenvalue weighted by atomic mass is 10.2. The molecule has 4 N–H and O–H groups in total. The number of likely N-dealkylation sites (N-methyl/N-ethyl adjacent to an activating group) is 1. The number of anilines is 2. The minimum Gasteiger partial charge on any atom is -0.399 e. The van der Waals surface area contributed by atoms with E-state index in [0.29, 0.717) is 24.6 Å². The SMILES string of the molecule is CN(c1ccc(N)cc1S(N)(=O)=O)C1CCOC1. The number of ether oxygens (including phenoxy) is 1. The lowest BCUT2D eigenvalue weighted by Gasteiger charge is -2.27. The second-order valence-electron chi connectivity index (χ2n) is 4.40. The van der Waals surface area contributed by atoms with E-state index in [1.807, 2.05) is 11.9 Å². The molecule has 0 spiro atoms. The van der Waals surface area contributed by atoms with Crippen molar-refractivity contribution in [2.45, 2.75) is 17.4 Å². The number of nitrogens with zero attached hydrogens (tertiary/aromatic N) is 1. The van der Waals surface area contributed by atoms with Crippen molar-refractivity contribution in [3.05, 3.63) is 18.2 Å². The van der Waals surface area contributed by atoms with Crippen molar-refractivity contribution in [3.8, 4) is 0 Å². The molecule has 1 heterocycles. The van der Waals surface area contributed by atoms with E-state index in [9.17, 15) is 8.42 Å². The van der Waals surface area contributed by atoms with Gasteiger partial charge in [-0.1, -0.05) is 0 Å². The summed E-state index contributed by atoms with van der Waals surface area (Å²) in [4.78, 5) is 1.93. The van der Waals surface area contributed by atoms with Crippen molar-refractivity contribution in [2.24, 2.45) is 5.14 Å². The summed E-state index contributed by atoms with van der Waals surface area (Å²) in [5.41, 5.74) is 6.55. The molecule has 1 atom stereocenters. The summed E-state index contributed by atoms with van der Waals surface area (Å²) < 4.78 is 28.5. The second-order valence-corrected chi connectivity index (χ2v) is 5.93. The van der Waals surface area contributed by atoms with Crippen LogP contribution in [0.4, 0.5) is 11.4 Å². The van der Waals surface area contributed by atoms with Gasteiger partial charge in [-0.3, -0.25) is 0 Å². The van der Waals surface area contributed by atoms with Gasteiger partial charge in [0.25, 0.3) is 0 Å². The fourth-order valence-electron chi connectivity index (χ4n) is 2.07. The summed E-state index contributed by atoms with van der Waals surface area (Å²) in [6.07, 6.45) is 0.866. The molecular formula is C11H17N3O3S. The molecule has 6 nitrogen and oxygen atoms in total. The number of nitrogens with two attached hydrogens (primary N) is 2. The van der Waals surface area contributed by atoms with E-state index in [1.54, 1.807) is 12.1 Å². The van der Waals surface area contributed by atoms with Gasteiger partial charge in [-0.2, -0.15) is 0 Å². The van der Waals surface area contributed by atoms with Crippen molar-refractivity contribution in [3.63, 3.8) is 0 Å². The molecular weight excluding hydrogens is 254 g/mol. The predicted molar refractivity (Wildman–Crippen MR) is 69.9 cm³/mol. The number of nitrogen functional groups attached to an aromatic ring is 1. The molecule has 0 saturated carbocycles. The third-order valence-corrected chi connectivity index (χ3v) is 4.06. The highest BCUT2D eigenvalue weighted by molar-refractivity contribution is 7.89. The summed E-state index contributed by atoms with van der Waals surface area (Å²) in [5, 5.41) is 5.22. The summed E-state index contributed by atoms with van der Waals surface area (Å²) in [6.45, 7) is 1.28. The lowest BCUT2D eigenvalue weighted by molar-refractivity contribution is 0.193. The van der Waals surface area contributed by atoms with Crippen LogP contribution in [0.5, 0.6) is 0 Å². The molecule has 0 aromatic heterocycles. The summed E-state index contributed by atoms with van der Waals surface area (Å²) >= 11 is 0. The van der Waals surface area contributed by atoms with Crippen LogP contribution in [0.3, 0.4) is 0 Å². The zero-order chi connectivity index (χ0) is 13.3. The second kappa shape index (κ2) is 4.75. The van der Waals surface area contributed by atoms with Gasteiger partial charge in [-0.25, -0.2) is 13.6 Å². The summed E-state index contributed by atoms with van der Waals surface area (Å²) in [7, 11) is -1.96. The third-order valence-electron chi connectivity index (χ3n) is 3.12. The van der Waals surface area contributed by atoms with Crippen LogP contribution in [0.25, 0.3) is 0 Å². The van der Waals surface area contributed by atoms with Crippen LogP contribution in [-0.2, 0) is 14.8 Å². The van der Waals surface area contributed by atoms with E-state index in [-0.39, 0.29) is 10.9 Å². The maximum Gasteiger partial charge on any atom is 0.240 e. The van der Waals surface area contributed by atoms with Crippen LogP contribution in [-0.4, -0.2) is 34.7 Å². The Balaban J connectivity index is 2.43. The van der Waals surface area contributed by atoms with Gasteiger partial charge in [-0.15, -0.1) is 0 Å². The quantitative estimate of drug-likeness (QED) is 0.762. The van der Waals surface area contributed by atoms with Gasteiger partial charge in [0.05, 0.1) is 18.3 Å². The summed E-state index contributed by atoms with van der Waals surface area (Å²) in [5.74, 6) is 0. The van der Waals surface area contributed by atoms with Crippen LogP contribution in [0.1, 0.15) is 6.42 Å². The number of hydrogen-bond acceptors (Lipinski definition) is 5. The molecule has 2 rings (SSSR count). The van der Waals surface area contributed by atoms with Gasteiger partial charge in [0, 0.05) is 19.3 Å². The summed E-state index contributed by atoms with van der Waals surface area (Å²) in [6, 6.07) is 4.88. The van der Waals surface area contributed by atoms with Crippen molar-refractivity contribution in [2.75, 3.05) is 30.9 Å². The molecule has 18 heavy (non-hydrogen) atoms. The Morgan fingerprint density at radius 3 is 2.72 bits per heavy atom. The topological polar surface area (TPSA) is 98.6 Å². The maximum atomic E-state index is 11.6. The monoisotopic (exact) mass is 271 g/mol. The number of sulfonamides is 1. The van der Waals surface area contributed by atoms with Crippen LogP contribution in [0, 0.1) is 0 Å². The van der Waals surface area contributed by atoms with Gasteiger partial charge >= 0.3 is 0 Å². The first-order valence-electron chi connectivity index (χ1n) is 5.62. The van der Waals surface area contributed by atoms with Crippen molar-refractivity contribution in [1.29, 1.82) is 0 Å². The molecule has 1 unspecified atom stereocenters. The molecule has 1 fully saturated rings. The van der Waals surface area contributed by atoms with Crippen LogP contribution >= 0.6 is 0 Å². The highest BCUT2D eigenvalue weighted by Gasteiger charge is 2.25. The van der Waals surface area contributed by atoms with Crippen molar-refractivity contribution >= 4 is 21.4 Å². The number of benzene rings is 1. The average molecular weight is 271 g/mol. The Bertz CT molecular complexity index is 538.